The molecule has 2 aromatic carbocycles. The molecule has 11 heteroatoms. The molecule has 0 radical (unpaired) electrons. The quantitative estimate of drug-likeness (QED) is 0.225. The Morgan fingerprint density at radius 3 is 2.75 bits per heavy atom. The van der Waals surface area contributed by atoms with Gasteiger partial charge in [0.25, 0.3) is 0 Å². The molecule has 1 fully saturated rings. The number of morpholine rings is 1. The first-order valence-electron chi connectivity index (χ1n) is 13.1. The summed E-state index contributed by atoms with van der Waals surface area (Å²) in [7, 11) is 3.57. The molecule has 0 spiro atoms. The van der Waals surface area contributed by atoms with Gasteiger partial charge in [-0.2, -0.15) is 5.26 Å². The monoisotopic (exact) mass is 578 g/mol. The van der Waals surface area contributed by atoms with Crippen LogP contribution in [0, 0.1) is 11.3 Å². The number of aromatic nitrogens is 3. The third kappa shape index (κ3) is 6.62. The Balaban J connectivity index is 1.37. The number of nitrogens with one attached hydrogen (secondary N) is 1. The molecule has 208 valence electrons. The predicted octanol–water partition coefficient (Wildman–Crippen LogP) is 5.69. The molecule has 0 aliphatic carbocycles. The van der Waals surface area contributed by atoms with Gasteiger partial charge in [0.1, 0.15) is 0 Å². The van der Waals surface area contributed by atoms with Gasteiger partial charge in [-0.25, -0.2) is 4.98 Å². The summed E-state index contributed by atoms with van der Waals surface area (Å²) in [6.45, 7) is 5.02. The summed E-state index contributed by atoms with van der Waals surface area (Å²) in [5.41, 5.74) is 3.09. The van der Waals surface area contributed by atoms with E-state index in [9.17, 15) is 5.26 Å². The van der Waals surface area contributed by atoms with E-state index in [-0.39, 0.29) is 6.42 Å². The van der Waals surface area contributed by atoms with Gasteiger partial charge in [-0.1, -0.05) is 23.4 Å². The number of hydrogen-bond acceptors (Lipinski definition) is 9. The van der Waals surface area contributed by atoms with E-state index < -0.39 is 0 Å². The number of hydrogen-bond donors (Lipinski definition) is 1. The van der Waals surface area contributed by atoms with Crippen molar-refractivity contribution in [2.75, 3.05) is 51.9 Å². The first kappa shape index (κ1) is 28.1. The maximum Gasteiger partial charge on any atom is 0.172 e. The Kier molecular flexibility index (Phi) is 9.29. The van der Waals surface area contributed by atoms with Crippen LogP contribution in [0.1, 0.15) is 12.0 Å². The summed E-state index contributed by atoms with van der Waals surface area (Å²) < 4.78 is 19.2. The highest BCUT2D eigenvalue weighted by Gasteiger charge is 2.16. The van der Waals surface area contributed by atoms with Crippen LogP contribution >= 0.6 is 23.4 Å². The fraction of sp³-hybridized carbons (Fsp3) is 0.345. The first-order valence-corrected chi connectivity index (χ1v) is 14.3. The van der Waals surface area contributed by atoms with Crippen LogP contribution in [-0.4, -0.2) is 66.0 Å². The molecular weight excluding hydrogens is 548 g/mol. The number of benzene rings is 2. The van der Waals surface area contributed by atoms with Gasteiger partial charge in [-0.3, -0.25) is 9.88 Å². The normalized spacial score (nSPS) is 13.8. The number of nitriles is 1. The number of ether oxygens (including phenoxy) is 3. The minimum atomic E-state index is 0.203. The van der Waals surface area contributed by atoms with Gasteiger partial charge in [0.05, 0.1) is 55.6 Å². The number of nitrogens with zero attached hydrogens (tertiary/aromatic N) is 5. The summed E-state index contributed by atoms with van der Waals surface area (Å²) in [4.78, 5) is 12.3. The van der Waals surface area contributed by atoms with E-state index in [4.69, 9.17) is 25.8 Å². The highest BCUT2D eigenvalue weighted by molar-refractivity contribution is 7.99. The highest BCUT2D eigenvalue weighted by Crippen LogP contribution is 2.39. The number of imidazole rings is 1. The number of pyridine rings is 1. The number of anilines is 2. The van der Waals surface area contributed by atoms with Crippen molar-refractivity contribution in [1.82, 2.24) is 19.4 Å². The number of fused-ring (bicyclic) bond motifs is 1. The van der Waals surface area contributed by atoms with E-state index in [1.165, 1.54) is 11.8 Å². The van der Waals surface area contributed by atoms with Crippen molar-refractivity contribution >= 4 is 45.6 Å². The van der Waals surface area contributed by atoms with E-state index >= 15 is 0 Å². The lowest BCUT2D eigenvalue weighted by atomic mass is 10.1. The number of aryl methyl sites for hydroxylation is 1. The first-order chi connectivity index (χ1) is 19.6. The average Bonchev–Trinajstić information content (AvgIpc) is 3.38. The van der Waals surface area contributed by atoms with Crippen molar-refractivity contribution in [2.45, 2.75) is 22.9 Å². The van der Waals surface area contributed by atoms with Crippen molar-refractivity contribution < 1.29 is 14.2 Å². The van der Waals surface area contributed by atoms with E-state index in [0.29, 0.717) is 23.1 Å². The molecule has 5 rings (SSSR count). The van der Waals surface area contributed by atoms with E-state index in [1.807, 2.05) is 48.1 Å². The second-order valence-electron chi connectivity index (χ2n) is 9.36. The van der Waals surface area contributed by atoms with Gasteiger partial charge >= 0.3 is 0 Å². The number of halogens is 1. The van der Waals surface area contributed by atoms with Crippen LogP contribution in [-0.2, 0) is 18.2 Å². The molecule has 0 saturated carbocycles. The Morgan fingerprint density at radius 1 is 1.18 bits per heavy atom. The van der Waals surface area contributed by atoms with Crippen LogP contribution in [0.5, 0.6) is 11.5 Å². The van der Waals surface area contributed by atoms with Gasteiger partial charge < -0.3 is 24.1 Å². The largest absolute Gasteiger partial charge is 0.493 e. The Morgan fingerprint density at radius 2 is 2.02 bits per heavy atom. The Bertz CT molecular complexity index is 1520. The molecule has 0 unspecified atom stereocenters. The summed E-state index contributed by atoms with van der Waals surface area (Å²) in [6, 6.07) is 11.8. The van der Waals surface area contributed by atoms with Crippen molar-refractivity contribution in [2.24, 2.45) is 7.05 Å². The van der Waals surface area contributed by atoms with Crippen molar-refractivity contribution in [3.05, 3.63) is 59.5 Å². The third-order valence-corrected chi connectivity index (χ3v) is 8.24. The zero-order valence-corrected chi connectivity index (χ0v) is 24.1. The third-order valence-electron chi connectivity index (χ3n) is 6.66. The van der Waals surface area contributed by atoms with Crippen LogP contribution in [0.4, 0.5) is 11.4 Å². The van der Waals surface area contributed by atoms with Gasteiger partial charge in [0.2, 0.25) is 0 Å². The molecule has 1 saturated heterocycles. The molecule has 40 heavy (non-hydrogen) atoms. The molecule has 1 aliphatic rings. The maximum atomic E-state index is 9.47. The predicted molar refractivity (Wildman–Crippen MR) is 157 cm³/mol. The lowest BCUT2D eigenvalue weighted by Crippen LogP contribution is -2.37. The summed E-state index contributed by atoms with van der Waals surface area (Å²) in [5, 5.41) is 15.2. The molecule has 4 aromatic rings. The summed E-state index contributed by atoms with van der Waals surface area (Å²) in [5.74, 6) is 1.25. The lowest BCUT2D eigenvalue weighted by Gasteiger charge is -2.26. The van der Waals surface area contributed by atoms with E-state index in [0.717, 1.165) is 77.2 Å². The molecule has 1 N–H and O–H groups in total. The smallest absolute Gasteiger partial charge is 0.172 e. The number of rotatable bonds is 11. The van der Waals surface area contributed by atoms with Crippen LogP contribution in [0.2, 0.25) is 5.02 Å². The van der Waals surface area contributed by atoms with Gasteiger partial charge in [-0.05, 0) is 30.7 Å². The molecule has 2 aromatic heterocycles. The zero-order chi connectivity index (χ0) is 27.9. The molecule has 1 aliphatic heterocycles. The van der Waals surface area contributed by atoms with Gasteiger partial charge in [0.15, 0.2) is 16.7 Å². The molecule has 0 atom stereocenters. The average molecular weight is 579 g/mol. The van der Waals surface area contributed by atoms with Crippen LogP contribution in [0.3, 0.4) is 0 Å². The molecule has 9 nitrogen and oxygen atoms in total. The molecule has 0 amide bonds. The maximum absolute atomic E-state index is 9.47. The number of methoxy groups -OCH3 is 1. The fourth-order valence-electron chi connectivity index (χ4n) is 4.53. The summed E-state index contributed by atoms with van der Waals surface area (Å²) in [6.07, 6.45) is 6.49. The SMILES string of the molecule is COc1cc2c(Nc3ccc(Sc4nccn4C)c(Cl)c3)c(CC#N)cnc2cc1OCCCN1CCOCC1. The lowest BCUT2D eigenvalue weighted by molar-refractivity contribution is 0.0357. The minimum Gasteiger partial charge on any atom is -0.493 e. The van der Waals surface area contributed by atoms with Crippen LogP contribution in [0.15, 0.2) is 59.0 Å². The molecule has 0 bridgehead atoms. The zero-order valence-electron chi connectivity index (χ0n) is 22.5. The van der Waals surface area contributed by atoms with Crippen molar-refractivity contribution in [1.29, 1.82) is 5.26 Å². The van der Waals surface area contributed by atoms with Crippen molar-refractivity contribution in [3.8, 4) is 17.6 Å². The van der Waals surface area contributed by atoms with Crippen molar-refractivity contribution in [3.63, 3.8) is 0 Å². The molecular formula is C29H31ClN6O3S. The second kappa shape index (κ2) is 13.2. The van der Waals surface area contributed by atoms with Crippen LogP contribution in [0.25, 0.3) is 10.9 Å². The minimum absolute atomic E-state index is 0.203. The Hall–Kier alpha value is -3.49. The fourth-order valence-corrected chi connectivity index (χ4v) is 5.63. The standard InChI is InChI=1S/C29H31ClN6O3S/c1-35-10-8-32-29(35)40-27-5-4-21(16-23(27)30)34-28-20(6-7-31)19-33-24-18-26(25(37-2)17-22(24)28)39-13-3-9-36-11-14-38-15-12-36/h4-5,8,10,16-19H,3,6,9,11-15H2,1-2H3,(H,33,34). The van der Waals surface area contributed by atoms with Gasteiger partial charge in [0, 0.05) is 72.9 Å². The van der Waals surface area contributed by atoms with Gasteiger partial charge in [-0.15, -0.1) is 0 Å². The second-order valence-corrected chi connectivity index (χ2v) is 10.8. The highest BCUT2D eigenvalue weighted by atomic mass is 35.5. The Labute approximate surface area is 243 Å². The topological polar surface area (TPSA) is 97.5 Å². The van der Waals surface area contributed by atoms with Crippen LogP contribution < -0.4 is 14.8 Å². The van der Waals surface area contributed by atoms with E-state index in [1.54, 1.807) is 19.5 Å². The molecule has 3 heterocycles. The summed E-state index contributed by atoms with van der Waals surface area (Å²) >= 11 is 8.15. The van der Waals surface area contributed by atoms with E-state index in [2.05, 4.69) is 26.3 Å².